The predicted molar refractivity (Wildman–Crippen MR) is 84.8 cm³/mol. The monoisotopic (exact) mass is 324 g/mol. The molecule has 2 heterocycles. The van der Waals surface area contributed by atoms with Gasteiger partial charge in [0.1, 0.15) is 11.4 Å². The molecule has 0 amide bonds. The van der Waals surface area contributed by atoms with Gasteiger partial charge in [-0.15, -0.1) is 10.2 Å². The van der Waals surface area contributed by atoms with E-state index >= 15 is 0 Å². The summed E-state index contributed by atoms with van der Waals surface area (Å²) in [5.74, 6) is -2.72. The fourth-order valence-corrected chi connectivity index (χ4v) is 1.42. The fraction of sp³-hybridized carbons (Fsp3) is 0. The lowest BCUT2D eigenvalue weighted by atomic mass is 10.3. The first-order chi connectivity index (χ1) is 11.6. The lowest BCUT2D eigenvalue weighted by Gasteiger charge is -2.14. The lowest BCUT2D eigenvalue weighted by Crippen LogP contribution is -2.37. The topological polar surface area (TPSA) is 173 Å². The van der Waals surface area contributed by atoms with Gasteiger partial charge < -0.3 is 21.7 Å². The molecule has 0 aromatic carbocycles. The Morgan fingerprint density at radius 3 is 1.46 bits per heavy atom. The molecule has 24 heavy (non-hydrogen) atoms. The molecule has 0 saturated carbocycles. The first kappa shape index (κ1) is 16.5. The van der Waals surface area contributed by atoms with Crippen LogP contribution in [-0.2, 0) is 0 Å². The SMILES string of the molecule is NC(=NN=C([O-])C([O-])=NN=C(N)c1ccccn1)c1ccccn1. The first-order valence-corrected chi connectivity index (χ1v) is 6.57. The molecule has 10 heteroatoms. The van der Waals surface area contributed by atoms with Crippen LogP contribution in [0.5, 0.6) is 0 Å². The number of nitrogens with zero attached hydrogens (tertiary/aromatic N) is 6. The Morgan fingerprint density at radius 1 is 0.708 bits per heavy atom. The van der Waals surface area contributed by atoms with Crippen LogP contribution in [0.3, 0.4) is 0 Å². The summed E-state index contributed by atoms with van der Waals surface area (Å²) in [6.07, 6.45) is 2.99. The second-order valence-corrected chi connectivity index (χ2v) is 4.21. The first-order valence-electron chi connectivity index (χ1n) is 6.57. The number of hydrogen-bond acceptors (Lipinski definition) is 8. The van der Waals surface area contributed by atoms with Gasteiger partial charge in [0.2, 0.25) is 0 Å². The minimum absolute atomic E-state index is 0.117. The third kappa shape index (κ3) is 4.59. The van der Waals surface area contributed by atoms with Crippen LogP contribution in [0.25, 0.3) is 0 Å². The smallest absolute Gasteiger partial charge is 0.171 e. The Bertz CT molecular complexity index is 731. The second-order valence-electron chi connectivity index (χ2n) is 4.21. The van der Waals surface area contributed by atoms with Crippen molar-refractivity contribution in [1.29, 1.82) is 0 Å². The van der Waals surface area contributed by atoms with Crippen LogP contribution in [0.4, 0.5) is 0 Å². The van der Waals surface area contributed by atoms with Crippen molar-refractivity contribution >= 4 is 23.5 Å². The molecule has 2 rings (SSSR count). The maximum atomic E-state index is 11.5. The van der Waals surface area contributed by atoms with Crippen LogP contribution in [-0.4, -0.2) is 33.4 Å². The van der Waals surface area contributed by atoms with Crippen molar-refractivity contribution in [3.8, 4) is 0 Å². The van der Waals surface area contributed by atoms with Gasteiger partial charge in [-0.25, -0.2) is 0 Å². The van der Waals surface area contributed by atoms with Crippen molar-refractivity contribution in [2.45, 2.75) is 0 Å². The Hall–Kier alpha value is -3.82. The maximum absolute atomic E-state index is 11.5. The fourth-order valence-electron chi connectivity index (χ4n) is 1.42. The largest absolute Gasteiger partial charge is 0.857 e. The summed E-state index contributed by atoms with van der Waals surface area (Å²) < 4.78 is 0. The predicted octanol–water partition coefficient (Wildman–Crippen LogP) is -2.06. The van der Waals surface area contributed by atoms with Gasteiger partial charge in [0.05, 0.1) is 0 Å². The van der Waals surface area contributed by atoms with Crippen LogP contribution in [0.1, 0.15) is 11.4 Å². The van der Waals surface area contributed by atoms with Crippen LogP contribution in [0.15, 0.2) is 69.2 Å². The Kier molecular flexibility index (Phi) is 5.50. The normalized spacial score (nSPS) is 13.8. The molecule has 0 aliphatic heterocycles. The highest BCUT2D eigenvalue weighted by Gasteiger charge is 1.98. The summed E-state index contributed by atoms with van der Waals surface area (Å²) in [5, 5.41) is 36.2. The third-order valence-electron chi connectivity index (χ3n) is 2.53. The summed E-state index contributed by atoms with van der Waals surface area (Å²) in [7, 11) is 0. The van der Waals surface area contributed by atoms with E-state index < -0.39 is 11.8 Å². The zero-order valence-corrected chi connectivity index (χ0v) is 12.3. The van der Waals surface area contributed by atoms with E-state index in [0.717, 1.165) is 0 Å². The molecule has 0 spiro atoms. The van der Waals surface area contributed by atoms with Crippen molar-refractivity contribution in [3.05, 3.63) is 60.2 Å². The average molecular weight is 324 g/mol. The summed E-state index contributed by atoms with van der Waals surface area (Å²) in [6.45, 7) is 0. The van der Waals surface area contributed by atoms with Crippen molar-refractivity contribution in [1.82, 2.24) is 9.97 Å². The maximum Gasteiger partial charge on any atom is 0.171 e. The minimum Gasteiger partial charge on any atom is -0.857 e. The molecule has 0 aliphatic carbocycles. The summed E-state index contributed by atoms with van der Waals surface area (Å²) in [5.41, 5.74) is 11.8. The van der Waals surface area contributed by atoms with Crippen molar-refractivity contribution in [2.24, 2.45) is 31.9 Å². The Morgan fingerprint density at radius 2 is 1.12 bits per heavy atom. The van der Waals surface area contributed by atoms with Crippen molar-refractivity contribution in [2.75, 3.05) is 0 Å². The highest BCUT2D eigenvalue weighted by molar-refractivity contribution is 6.31. The van der Waals surface area contributed by atoms with E-state index in [0.29, 0.717) is 11.4 Å². The molecule has 0 radical (unpaired) electrons. The van der Waals surface area contributed by atoms with Gasteiger partial charge in [0.15, 0.2) is 11.7 Å². The van der Waals surface area contributed by atoms with Crippen molar-refractivity contribution in [3.63, 3.8) is 0 Å². The van der Waals surface area contributed by atoms with Gasteiger partial charge in [-0.05, 0) is 24.3 Å². The molecule has 10 nitrogen and oxygen atoms in total. The molecule has 0 saturated heterocycles. The summed E-state index contributed by atoms with van der Waals surface area (Å²) in [4.78, 5) is 7.83. The standard InChI is InChI=1S/C14H14N8O2/c15-11(9-5-1-3-7-17-9)19-21-13(23)14(24)22-20-12(16)10-6-2-4-8-18-10/h1-8H,(H2,15,19)(H2,16,20)(H,21,23)(H,22,24)/p-2. The molecular weight excluding hydrogens is 312 g/mol. The Labute approximate surface area is 136 Å². The van der Waals surface area contributed by atoms with Gasteiger partial charge >= 0.3 is 0 Å². The van der Waals surface area contributed by atoms with Crippen LogP contribution >= 0.6 is 0 Å². The van der Waals surface area contributed by atoms with Crippen LogP contribution in [0.2, 0.25) is 0 Å². The van der Waals surface area contributed by atoms with E-state index in [2.05, 4.69) is 30.4 Å². The third-order valence-corrected chi connectivity index (χ3v) is 2.53. The number of nitrogens with two attached hydrogens (primary N) is 2. The van der Waals surface area contributed by atoms with E-state index in [-0.39, 0.29) is 11.7 Å². The van der Waals surface area contributed by atoms with E-state index in [4.69, 9.17) is 11.5 Å². The van der Waals surface area contributed by atoms with E-state index in [9.17, 15) is 10.2 Å². The molecule has 0 atom stereocenters. The van der Waals surface area contributed by atoms with Gasteiger partial charge in [-0.2, -0.15) is 10.2 Å². The number of hydrogen-bond donors (Lipinski definition) is 2. The van der Waals surface area contributed by atoms with Gasteiger partial charge in [-0.3, -0.25) is 9.97 Å². The van der Waals surface area contributed by atoms with Gasteiger partial charge in [0, 0.05) is 24.2 Å². The summed E-state index contributed by atoms with van der Waals surface area (Å²) in [6, 6.07) is 9.88. The number of pyridine rings is 2. The molecule has 0 unspecified atom stereocenters. The molecule has 2 aromatic rings. The highest BCUT2D eigenvalue weighted by Crippen LogP contribution is 1.94. The van der Waals surface area contributed by atoms with Crippen LogP contribution in [0, 0.1) is 0 Å². The molecule has 0 aliphatic rings. The van der Waals surface area contributed by atoms with E-state index in [1.54, 1.807) is 36.4 Å². The molecule has 2 aromatic heterocycles. The Balaban J connectivity index is 2.12. The van der Waals surface area contributed by atoms with Gasteiger partial charge in [-0.1, -0.05) is 12.1 Å². The molecular formula is C14H12N8O2-2. The van der Waals surface area contributed by atoms with E-state index in [1.807, 2.05) is 0 Å². The number of aromatic nitrogens is 2. The van der Waals surface area contributed by atoms with Crippen LogP contribution < -0.4 is 21.7 Å². The second kappa shape index (κ2) is 7.98. The van der Waals surface area contributed by atoms with E-state index in [1.165, 1.54) is 12.4 Å². The molecule has 0 bridgehead atoms. The molecule has 122 valence electrons. The molecule has 4 N–H and O–H groups in total. The van der Waals surface area contributed by atoms with Gasteiger partial charge in [0.25, 0.3) is 0 Å². The van der Waals surface area contributed by atoms with Crippen molar-refractivity contribution < 1.29 is 10.2 Å². The zero-order chi connectivity index (χ0) is 17.4. The lowest BCUT2D eigenvalue weighted by molar-refractivity contribution is -0.248. The number of amidine groups is 2. The summed E-state index contributed by atoms with van der Waals surface area (Å²) >= 11 is 0. The molecule has 0 fully saturated rings. The minimum atomic E-state index is -1.24. The number of rotatable bonds is 4. The highest BCUT2D eigenvalue weighted by atomic mass is 16.3. The zero-order valence-electron chi connectivity index (χ0n) is 12.3. The quantitative estimate of drug-likeness (QED) is 0.371. The average Bonchev–Trinajstić information content (AvgIpc) is 2.64.